The molecule has 4 rings (SSSR count). The monoisotopic (exact) mass is 630 g/mol. The summed E-state index contributed by atoms with van der Waals surface area (Å²) in [5.41, 5.74) is 1.60. The molecule has 0 aliphatic carbocycles. The van der Waals surface area contributed by atoms with Crippen LogP contribution < -0.4 is 20.1 Å². The lowest BCUT2D eigenvalue weighted by atomic mass is 10.1. The first kappa shape index (κ1) is 31.8. The Morgan fingerprint density at radius 3 is 2.52 bits per heavy atom. The summed E-state index contributed by atoms with van der Waals surface area (Å²) in [6, 6.07) is 10.8. The minimum Gasteiger partial charge on any atom is -0.495 e. The van der Waals surface area contributed by atoms with Gasteiger partial charge < -0.3 is 25.0 Å². The number of aliphatic hydroxyl groups excluding tert-OH is 1. The lowest BCUT2D eigenvalue weighted by Gasteiger charge is -2.39. The standard InChI is InChI=1S/C27H33F3N4O6S2/c1-40-26-17-21(42(38,39)32-12-13-35)7-8-24(26)31-11-3-4-20-16-22-23(33-19-9-14-41(36,37)15-10-19)5-2-6-25(22)34(20)18-27(28,29)30/h2,5-8,16-17,19,31-33,35-37H,9-15,18H2,1H3. The molecule has 0 bridgehead atoms. The highest BCUT2D eigenvalue weighted by atomic mass is 32.3. The van der Waals surface area contributed by atoms with Gasteiger partial charge in [0.2, 0.25) is 10.0 Å². The molecule has 0 amide bonds. The number of hydrogen-bond acceptors (Lipinski definition) is 8. The van der Waals surface area contributed by atoms with Gasteiger partial charge >= 0.3 is 6.18 Å². The smallest absolute Gasteiger partial charge is 0.406 e. The van der Waals surface area contributed by atoms with Crippen molar-refractivity contribution >= 4 is 42.9 Å². The van der Waals surface area contributed by atoms with E-state index in [0.29, 0.717) is 35.1 Å². The van der Waals surface area contributed by atoms with Gasteiger partial charge in [0.05, 0.1) is 42.1 Å². The van der Waals surface area contributed by atoms with E-state index in [0.717, 1.165) is 4.57 Å². The molecule has 0 radical (unpaired) electrons. The molecule has 1 aliphatic rings. The number of fused-ring (bicyclic) bond motifs is 1. The SMILES string of the molecule is COc1cc(S(=O)(=O)NCCO)ccc1NCC#Cc1cc2c(NC3CCS(O)(O)CC3)cccc2n1CC(F)(F)F. The van der Waals surface area contributed by atoms with E-state index in [1.807, 2.05) is 0 Å². The fourth-order valence-electron chi connectivity index (χ4n) is 4.66. The highest BCUT2D eigenvalue weighted by molar-refractivity contribution is 8.24. The fraction of sp³-hybridized carbons (Fsp3) is 0.407. The number of alkyl halides is 3. The lowest BCUT2D eigenvalue weighted by molar-refractivity contribution is -0.140. The average Bonchev–Trinajstić information content (AvgIpc) is 3.27. The fourth-order valence-corrected chi connectivity index (χ4v) is 7.22. The third-order valence-corrected chi connectivity index (χ3v) is 9.94. The molecule has 3 aromatic rings. The zero-order valence-electron chi connectivity index (χ0n) is 22.7. The summed E-state index contributed by atoms with van der Waals surface area (Å²) in [4.78, 5) is -0.0629. The van der Waals surface area contributed by atoms with Crippen LogP contribution in [-0.4, -0.2) is 77.7 Å². The van der Waals surface area contributed by atoms with Gasteiger partial charge in [-0.25, -0.2) is 13.1 Å². The quantitative estimate of drug-likeness (QED) is 0.182. The Hall–Kier alpha value is -3.13. The highest BCUT2D eigenvalue weighted by Crippen LogP contribution is 2.44. The number of aromatic nitrogens is 1. The van der Waals surface area contributed by atoms with E-state index in [1.54, 1.807) is 24.3 Å². The number of methoxy groups -OCH3 is 1. The van der Waals surface area contributed by atoms with Gasteiger partial charge in [0.15, 0.2) is 0 Å². The van der Waals surface area contributed by atoms with Crippen LogP contribution in [0, 0.1) is 11.8 Å². The molecule has 2 aromatic carbocycles. The van der Waals surface area contributed by atoms with Crippen LogP contribution in [0.2, 0.25) is 0 Å². The second-order valence-electron chi connectivity index (χ2n) is 9.74. The minimum atomic E-state index is -4.48. The van der Waals surface area contributed by atoms with Crippen LogP contribution in [0.25, 0.3) is 10.9 Å². The van der Waals surface area contributed by atoms with Gasteiger partial charge in [-0.15, -0.1) is 0 Å². The minimum absolute atomic E-state index is 0.0261. The van der Waals surface area contributed by atoms with Crippen LogP contribution >= 0.6 is 10.6 Å². The average molecular weight is 631 g/mol. The second kappa shape index (κ2) is 13.0. The Labute approximate surface area is 243 Å². The molecule has 0 atom stereocenters. The van der Waals surface area contributed by atoms with Gasteiger partial charge in [-0.2, -0.15) is 23.8 Å². The number of anilines is 2. The van der Waals surface area contributed by atoms with Crippen molar-refractivity contribution in [3.63, 3.8) is 0 Å². The predicted molar refractivity (Wildman–Crippen MR) is 158 cm³/mol. The number of rotatable bonds is 10. The van der Waals surface area contributed by atoms with Gasteiger partial charge in [0, 0.05) is 41.2 Å². The largest absolute Gasteiger partial charge is 0.495 e. The van der Waals surface area contributed by atoms with Gasteiger partial charge in [0.1, 0.15) is 12.3 Å². The van der Waals surface area contributed by atoms with E-state index in [9.17, 15) is 30.7 Å². The molecular weight excluding hydrogens is 597 g/mol. The van der Waals surface area contributed by atoms with Crippen LogP contribution in [0.15, 0.2) is 47.4 Å². The maximum Gasteiger partial charge on any atom is 0.406 e. The van der Waals surface area contributed by atoms with Gasteiger partial charge in [-0.3, -0.25) is 9.11 Å². The zero-order valence-corrected chi connectivity index (χ0v) is 24.4. The van der Waals surface area contributed by atoms with Crippen LogP contribution in [0.3, 0.4) is 0 Å². The first-order chi connectivity index (χ1) is 19.8. The molecule has 1 fully saturated rings. The van der Waals surface area contributed by atoms with Crippen molar-refractivity contribution in [2.75, 3.05) is 48.9 Å². The number of sulfonamides is 1. The van der Waals surface area contributed by atoms with Crippen LogP contribution in [0.5, 0.6) is 5.75 Å². The molecule has 1 aromatic heterocycles. The van der Waals surface area contributed by atoms with Crippen molar-refractivity contribution in [3.05, 3.63) is 48.2 Å². The molecule has 230 valence electrons. The third-order valence-electron chi connectivity index (χ3n) is 6.70. The van der Waals surface area contributed by atoms with Crippen molar-refractivity contribution in [2.24, 2.45) is 0 Å². The highest BCUT2D eigenvalue weighted by Gasteiger charge is 2.30. The molecule has 2 heterocycles. The summed E-state index contributed by atoms with van der Waals surface area (Å²) in [5, 5.41) is 15.8. The van der Waals surface area contributed by atoms with Crippen molar-refractivity contribution in [3.8, 4) is 17.6 Å². The van der Waals surface area contributed by atoms with Crippen LogP contribution in [0.4, 0.5) is 24.5 Å². The molecular formula is C27H33F3N4O6S2. The van der Waals surface area contributed by atoms with Crippen molar-refractivity contribution in [2.45, 2.75) is 36.5 Å². The van der Waals surface area contributed by atoms with E-state index in [-0.39, 0.29) is 53.6 Å². The Kier molecular flexibility index (Phi) is 9.86. The van der Waals surface area contributed by atoms with E-state index < -0.39 is 33.3 Å². The Bertz CT molecular complexity index is 1570. The van der Waals surface area contributed by atoms with E-state index in [1.165, 1.54) is 25.3 Å². The number of nitrogens with zero attached hydrogens (tertiary/aromatic N) is 1. The van der Waals surface area contributed by atoms with Gasteiger partial charge in [-0.1, -0.05) is 12.0 Å². The van der Waals surface area contributed by atoms with Gasteiger partial charge in [-0.05, 0) is 49.1 Å². The van der Waals surface area contributed by atoms with Gasteiger partial charge in [0.25, 0.3) is 0 Å². The van der Waals surface area contributed by atoms with Crippen LogP contribution in [0.1, 0.15) is 18.5 Å². The molecule has 1 saturated heterocycles. The summed E-state index contributed by atoms with van der Waals surface area (Å²) in [7, 11) is -5.05. The normalized spacial score (nSPS) is 16.5. The second-order valence-corrected chi connectivity index (χ2v) is 13.9. The third kappa shape index (κ3) is 8.03. The number of benzene rings is 2. The molecule has 10 nitrogen and oxygen atoms in total. The van der Waals surface area contributed by atoms with Crippen molar-refractivity contribution < 1.29 is 40.5 Å². The summed E-state index contributed by atoms with van der Waals surface area (Å²) in [6.07, 6.45) is -3.41. The summed E-state index contributed by atoms with van der Waals surface area (Å²) in [5.74, 6) is 6.44. The summed E-state index contributed by atoms with van der Waals surface area (Å²) < 4.78 is 93.7. The van der Waals surface area contributed by atoms with Crippen LogP contribution in [-0.2, 0) is 16.6 Å². The molecule has 42 heavy (non-hydrogen) atoms. The van der Waals surface area contributed by atoms with Crippen molar-refractivity contribution in [1.29, 1.82) is 0 Å². The summed E-state index contributed by atoms with van der Waals surface area (Å²) >= 11 is 0. The number of nitrogens with one attached hydrogen (secondary N) is 3. The van der Waals surface area contributed by atoms with E-state index in [2.05, 4.69) is 27.2 Å². The molecule has 0 unspecified atom stereocenters. The zero-order chi connectivity index (χ0) is 30.5. The van der Waals surface area contributed by atoms with E-state index >= 15 is 0 Å². The Balaban J connectivity index is 1.56. The van der Waals surface area contributed by atoms with E-state index in [4.69, 9.17) is 9.84 Å². The van der Waals surface area contributed by atoms with Crippen molar-refractivity contribution in [1.82, 2.24) is 9.29 Å². The Morgan fingerprint density at radius 1 is 1.12 bits per heavy atom. The lowest BCUT2D eigenvalue weighted by Crippen LogP contribution is -2.30. The number of halogens is 3. The molecule has 0 saturated carbocycles. The topological polar surface area (TPSA) is 145 Å². The maximum absolute atomic E-state index is 13.5. The molecule has 1 aliphatic heterocycles. The Morgan fingerprint density at radius 2 is 1.86 bits per heavy atom. The molecule has 6 N–H and O–H groups in total. The first-order valence-electron chi connectivity index (χ1n) is 13.0. The summed E-state index contributed by atoms with van der Waals surface area (Å²) in [6.45, 7) is -1.70. The number of ether oxygens (including phenoxy) is 1. The number of aliphatic hydroxyl groups is 1. The molecule has 15 heteroatoms. The predicted octanol–water partition coefficient (Wildman–Crippen LogP) is 4.27. The maximum atomic E-state index is 13.5. The first-order valence-corrected chi connectivity index (χ1v) is 16.4. The number of hydrogen-bond donors (Lipinski definition) is 6. The molecule has 0 spiro atoms.